The van der Waals surface area contributed by atoms with Gasteiger partial charge in [-0.05, 0) is 31.0 Å². The summed E-state index contributed by atoms with van der Waals surface area (Å²) in [6.45, 7) is 2.65. The third kappa shape index (κ3) is 3.83. The predicted molar refractivity (Wildman–Crippen MR) is 76.2 cm³/mol. The van der Waals surface area contributed by atoms with Crippen molar-refractivity contribution in [3.63, 3.8) is 0 Å². The SMILES string of the molecule is CC(N)Cc1ccccc1OCCc1ccnn1C. The van der Waals surface area contributed by atoms with Gasteiger partial charge in [0.1, 0.15) is 5.75 Å². The van der Waals surface area contributed by atoms with E-state index in [0.29, 0.717) is 6.61 Å². The summed E-state index contributed by atoms with van der Waals surface area (Å²) >= 11 is 0. The molecule has 1 heterocycles. The van der Waals surface area contributed by atoms with Crippen LogP contribution in [-0.4, -0.2) is 22.4 Å². The van der Waals surface area contributed by atoms with Crippen LogP contribution in [0.5, 0.6) is 5.75 Å². The largest absolute Gasteiger partial charge is 0.493 e. The van der Waals surface area contributed by atoms with E-state index in [0.717, 1.165) is 18.6 Å². The Balaban J connectivity index is 1.94. The average Bonchev–Trinajstić information content (AvgIpc) is 2.77. The zero-order valence-corrected chi connectivity index (χ0v) is 11.5. The molecule has 4 heteroatoms. The van der Waals surface area contributed by atoms with Crippen molar-refractivity contribution in [1.82, 2.24) is 9.78 Å². The molecule has 0 saturated heterocycles. The van der Waals surface area contributed by atoms with Crippen molar-refractivity contribution in [3.05, 3.63) is 47.8 Å². The standard InChI is InChI=1S/C15H21N3O/c1-12(16)11-13-5-3-4-6-15(13)19-10-8-14-7-9-17-18(14)2/h3-7,9,12H,8,10-11,16H2,1-2H3. The van der Waals surface area contributed by atoms with E-state index in [4.69, 9.17) is 10.5 Å². The maximum absolute atomic E-state index is 5.87. The molecule has 0 aliphatic carbocycles. The van der Waals surface area contributed by atoms with Crippen LogP contribution in [0, 0.1) is 0 Å². The maximum Gasteiger partial charge on any atom is 0.122 e. The highest BCUT2D eigenvalue weighted by molar-refractivity contribution is 5.33. The van der Waals surface area contributed by atoms with Gasteiger partial charge in [-0.1, -0.05) is 18.2 Å². The number of hydrogen-bond donors (Lipinski definition) is 1. The molecule has 0 aliphatic rings. The Morgan fingerprint density at radius 2 is 2.11 bits per heavy atom. The van der Waals surface area contributed by atoms with Crippen molar-refractivity contribution in [2.75, 3.05) is 6.61 Å². The highest BCUT2D eigenvalue weighted by Gasteiger charge is 2.06. The minimum absolute atomic E-state index is 0.141. The van der Waals surface area contributed by atoms with E-state index in [-0.39, 0.29) is 6.04 Å². The number of para-hydroxylation sites is 1. The van der Waals surface area contributed by atoms with Crippen LogP contribution in [0.25, 0.3) is 0 Å². The zero-order chi connectivity index (χ0) is 13.7. The first-order valence-corrected chi connectivity index (χ1v) is 6.60. The van der Waals surface area contributed by atoms with Gasteiger partial charge in [-0.15, -0.1) is 0 Å². The van der Waals surface area contributed by atoms with Gasteiger partial charge in [-0.2, -0.15) is 5.10 Å². The number of hydrogen-bond acceptors (Lipinski definition) is 3. The Labute approximate surface area is 114 Å². The molecule has 4 nitrogen and oxygen atoms in total. The molecule has 102 valence electrons. The number of aryl methyl sites for hydroxylation is 1. The highest BCUT2D eigenvalue weighted by Crippen LogP contribution is 2.19. The molecule has 1 aromatic carbocycles. The topological polar surface area (TPSA) is 53.1 Å². The lowest BCUT2D eigenvalue weighted by Gasteiger charge is -2.13. The molecule has 0 bridgehead atoms. The Morgan fingerprint density at radius 3 is 2.79 bits per heavy atom. The van der Waals surface area contributed by atoms with Crippen molar-refractivity contribution >= 4 is 0 Å². The van der Waals surface area contributed by atoms with Crippen LogP contribution >= 0.6 is 0 Å². The Bertz CT molecular complexity index is 520. The van der Waals surface area contributed by atoms with Crippen LogP contribution in [0.3, 0.4) is 0 Å². The number of nitrogens with two attached hydrogens (primary N) is 1. The highest BCUT2D eigenvalue weighted by atomic mass is 16.5. The summed E-state index contributed by atoms with van der Waals surface area (Å²) < 4.78 is 7.74. The van der Waals surface area contributed by atoms with E-state index in [1.54, 1.807) is 6.20 Å². The van der Waals surface area contributed by atoms with Crippen LogP contribution in [0.2, 0.25) is 0 Å². The number of ether oxygens (including phenoxy) is 1. The second-order valence-corrected chi connectivity index (χ2v) is 4.83. The van der Waals surface area contributed by atoms with E-state index >= 15 is 0 Å². The van der Waals surface area contributed by atoms with Crippen molar-refractivity contribution in [3.8, 4) is 5.75 Å². The molecule has 19 heavy (non-hydrogen) atoms. The van der Waals surface area contributed by atoms with E-state index < -0.39 is 0 Å². The second kappa shape index (κ2) is 6.38. The number of benzene rings is 1. The van der Waals surface area contributed by atoms with E-state index in [9.17, 15) is 0 Å². The lowest BCUT2D eigenvalue weighted by Crippen LogP contribution is -2.18. The summed E-state index contributed by atoms with van der Waals surface area (Å²) in [5.41, 5.74) is 8.19. The van der Waals surface area contributed by atoms with Gasteiger partial charge in [0.25, 0.3) is 0 Å². The number of aromatic nitrogens is 2. The molecule has 1 unspecified atom stereocenters. The molecule has 0 amide bonds. The average molecular weight is 259 g/mol. The summed E-state index contributed by atoms with van der Waals surface area (Å²) in [7, 11) is 1.94. The van der Waals surface area contributed by atoms with Crippen molar-refractivity contribution < 1.29 is 4.74 Å². The van der Waals surface area contributed by atoms with Crippen LogP contribution in [0.4, 0.5) is 0 Å². The van der Waals surface area contributed by atoms with Crippen LogP contribution in [0.15, 0.2) is 36.5 Å². The molecule has 0 saturated carbocycles. The molecule has 1 atom stereocenters. The predicted octanol–water partition coefficient (Wildman–Crippen LogP) is 1.93. The smallest absolute Gasteiger partial charge is 0.122 e. The molecule has 2 rings (SSSR count). The maximum atomic E-state index is 5.87. The Kier molecular flexibility index (Phi) is 4.58. The van der Waals surface area contributed by atoms with Crippen molar-refractivity contribution in [1.29, 1.82) is 0 Å². The fourth-order valence-corrected chi connectivity index (χ4v) is 2.07. The quantitative estimate of drug-likeness (QED) is 0.862. The third-order valence-electron chi connectivity index (χ3n) is 3.05. The molecule has 0 spiro atoms. The summed E-state index contributed by atoms with van der Waals surface area (Å²) in [5.74, 6) is 0.932. The van der Waals surface area contributed by atoms with Crippen molar-refractivity contribution in [2.45, 2.75) is 25.8 Å². The van der Waals surface area contributed by atoms with Gasteiger partial charge in [0.2, 0.25) is 0 Å². The fourth-order valence-electron chi connectivity index (χ4n) is 2.07. The van der Waals surface area contributed by atoms with Crippen LogP contribution < -0.4 is 10.5 Å². The number of rotatable bonds is 6. The molecule has 0 fully saturated rings. The van der Waals surface area contributed by atoms with Crippen LogP contribution in [-0.2, 0) is 19.9 Å². The van der Waals surface area contributed by atoms with Gasteiger partial charge < -0.3 is 10.5 Å². The lowest BCUT2D eigenvalue weighted by atomic mass is 10.1. The molecule has 0 radical (unpaired) electrons. The van der Waals surface area contributed by atoms with Gasteiger partial charge in [-0.25, -0.2) is 0 Å². The van der Waals surface area contributed by atoms with E-state index in [1.165, 1.54) is 11.3 Å². The summed E-state index contributed by atoms with van der Waals surface area (Å²) in [5, 5.41) is 4.14. The van der Waals surface area contributed by atoms with Crippen molar-refractivity contribution in [2.24, 2.45) is 12.8 Å². The third-order valence-corrected chi connectivity index (χ3v) is 3.05. The Morgan fingerprint density at radius 1 is 1.32 bits per heavy atom. The first kappa shape index (κ1) is 13.6. The van der Waals surface area contributed by atoms with Gasteiger partial charge in [-0.3, -0.25) is 4.68 Å². The van der Waals surface area contributed by atoms with Gasteiger partial charge in [0, 0.05) is 31.4 Å². The molecular formula is C15H21N3O. The first-order chi connectivity index (χ1) is 9.16. The molecule has 0 aliphatic heterocycles. The minimum Gasteiger partial charge on any atom is -0.493 e. The minimum atomic E-state index is 0.141. The van der Waals surface area contributed by atoms with Gasteiger partial charge in [0.15, 0.2) is 0 Å². The van der Waals surface area contributed by atoms with E-state index in [2.05, 4.69) is 11.2 Å². The molecule has 1 aromatic heterocycles. The van der Waals surface area contributed by atoms with Crippen LogP contribution in [0.1, 0.15) is 18.2 Å². The lowest BCUT2D eigenvalue weighted by molar-refractivity contribution is 0.314. The monoisotopic (exact) mass is 259 g/mol. The molecule has 2 aromatic rings. The first-order valence-electron chi connectivity index (χ1n) is 6.60. The van der Waals surface area contributed by atoms with Gasteiger partial charge >= 0.3 is 0 Å². The van der Waals surface area contributed by atoms with E-state index in [1.807, 2.05) is 42.9 Å². The Hall–Kier alpha value is -1.81. The molecular weight excluding hydrogens is 238 g/mol. The fraction of sp³-hybridized carbons (Fsp3) is 0.400. The second-order valence-electron chi connectivity index (χ2n) is 4.83. The number of nitrogens with zero attached hydrogens (tertiary/aromatic N) is 2. The normalized spacial score (nSPS) is 12.4. The zero-order valence-electron chi connectivity index (χ0n) is 11.5. The summed E-state index contributed by atoms with van der Waals surface area (Å²) in [6.07, 6.45) is 3.49. The molecule has 2 N–H and O–H groups in total. The van der Waals surface area contributed by atoms with Gasteiger partial charge in [0.05, 0.1) is 6.61 Å². The summed E-state index contributed by atoms with van der Waals surface area (Å²) in [6, 6.07) is 10.2. The summed E-state index contributed by atoms with van der Waals surface area (Å²) in [4.78, 5) is 0.